The van der Waals surface area contributed by atoms with Gasteiger partial charge in [-0.25, -0.2) is 0 Å². The maximum absolute atomic E-state index is 10.5. The van der Waals surface area contributed by atoms with Gasteiger partial charge in [-0.05, 0) is 39.0 Å². The average Bonchev–Trinajstić information content (AvgIpc) is 2.01. The zero-order chi connectivity index (χ0) is 12.1. The minimum Gasteiger partial charge on any atom is -0.375 e. The van der Waals surface area contributed by atoms with E-state index < -0.39 is 15.6 Å². The van der Waals surface area contributed by atoms with Crippen molar-refractivity contribution in [1.29, 1.82) is 0 Å². The lowest BCUT2D eigenvalue weighted by Gasteiger charge is -2.13. The minimum absolute atomic E-state index is 0.0672. The second-order valence-corrected chi connectivity index (χ2v) is 5.74. The molecule has 15 heavy (non-hydrogen) atoms. The Hall–Kier alpha value is -0.390. The van der Waals surface area contributed by atoms with Crippen molar-refractivity contribution in [2.45, 2.75) is 45.5 Å². The van der Waals surface area contributed by atoms with Gasteiger partial charge in [-0.2, -0.15) is 8.42 Å². The van der Waals surface area contributed by atoms with Gasteiger partial charge in [0.15, 0.2) is 5.44 Å². The third-order valence-corrected chi connectivity index (χ3v) is 3.04. The van der Waals surface area contributed by atoms with E-state index in [0.29, 0.717) is 0 Å². The van der Waals surface area contributed by atoms with Crippen LogP contribution in [0.25, 0.3) is 0 Å². The van der Waals surface area contributed by atoms with Crippen LogP contribution in [-0.2, 0) is 10.1 Å². The van der Waals surface area contributed by atoms with Crippen LogP contribution in [0.3, 0.4) is 0 Å². The molecule has 0 aliphatic carbocycles. The second kappa shape index (κ2) is 6.25. The predicted molar refractivity (Wildman–Crippen MR) is 60.0 cm³/mol. The Bertz CT molecular complexity index is 301. The van der Waals surface area contributed by atoms with Gasteiger partial charge in [0, 0.05) is 0 Å². The van der Waals surface area contributed by atoms with E-state index in [2.05, 4.69) is 6.08 Å². The Morgan fingerprint density at radius 1 is 1.40 bits per heavy atom. The maximum atomic E-state index is 10.5. The average molecular weight is 236 g/mol. The molecular formula is C10H20O4S. The Balaban J connectivity index is 3.95. The molecule has 0 heterocycles. The summed E-state index contributed by atoms with van der Waals surface area (Å²) in [7, 11) is -4.30. The molecule has 0 radical (unpaired) electrons. The van der Waals surface area contributed by atoms with Gasteiger partial charge in [-0.3, -0.25) is 4.55 Å². The lowest BCUT2D eigenvalue weighted by molar-refractivity contribution is 0.200. The van der Waals surface area contributed by atoms with Crippen molar-refractivity contribution in [3.8, 4) is 0 Å². The molecule has 4 nitrogen and oxygen atoms in total. The Morgan fingerprint density at radius 3 is 2.33 bits per heavy atom. The molecule has 90 valence electrons. The van der Waals surface area contributed by atoms with Gasteiger partial charge < -0.3 is 5.11 Å². The molecule has 0 spiro atoms. The number of hydrogen-bond acceptors (Lipinski definition) is 3. The fourth-order valence-electron chi connectivity index (χ4n) is 1.24. The Labute approximate surface area is 91.8 Å². The topological polar surface area (TPSA) is 74.6 Å². The van der Waals surface area contributed by atoms with Gasteiger partial charge >= 0.3 is 0 Å². The van der Waals surface area contributed by atoms with Crippen molar-refractivity contribution in [2.24, 2.45) is 5.92 Å². The van der Waals surface area contributed by atoms with Crippen LogP contribution in [0, 0.1) is 5.92 Å². The van der Waals surface area contributed by atoms with E-state index in [0.717, 1.165) is 12.8 Å². The zero-order valence-electron chi connectivity index (χ0n) is 9.47. The zero-order valence-corrected chi connectivity index (χ0v) is 10.3. The molecule has 0 fully saturated rings. The fourth-order valence-corrected chi connectivity index (χ4v) is 1.81. The molecule has 0 aliphatic rings. The van der Waals surface area contributed by atoms with Crippen molar-refractivity contribution < 1.29 is 18.1 Å². The van der Waals surface area contributed by atoms with Crippen molar-refractivity contribution in [3.05, 3.63) is 11.6 Å². The van der Waals surface area contributed by atoms with Gasteiger partial charge in [-0.15, -0.1) is 0 Å². The highest BCUT2D eigenvalue weighted by molar-refractivity contribution is 7.86. The Morgan fingerprint density at radius 2 is 1.93 bits per heavy atom. The van der Waals surface area contributed by atoms with Crippen molar-refractivity contribution >= 4 is 10.1 Å². The highest BCUT2D eigenvalue weighted by Crippen LogP contribution is 2.16. The molecule has 0 bridgehead atoms. The molecule has 2 atom stereocenters. The standard InChI is InChI=1S/C10H20O4S/c1-8(2)5-4-6-9(3)7-10(11)15(12,13)14/h5,9-11H,4,6-7H2,1-3H3,(H,12,13,14)/t9-,10-/m0/s1. The number of rotatable bonds is 6. The molecule has 0 aromatic carbocycles. The first-order chi connectivity index (χ1) is 6.73. The minimum atomic E-state index is -4.30. The second-order valence-electron chi connectivity index (χ2n) is 4.17. The summed E-state index contributed by atoms with van der Waals surface area (Å²) in [6.45, 7) is 5.85. The number of allylic oxidation sites excluding steroid dienone is 2. The normalized spacial score (nSPS) is 15.8. The van der Waals surface area contributed by atoms with Crippen LogP contribution in [0.5, 0.6) is 0 Å². The van der Waals surface area contributed by atoms with Gasteiger partial charge in [-0.1, -0.05) is 18.6 Å². The monoisotopic (exact) mass is 236 g/mol. The lowest BCUT2D eigenvalue weighted by atomic mass is 10.0. The van der Waals surface area contributed by atoms with Crippen LogP contribution in [0.4, 0.5) is 0 Å². The summed E-state index contributed by atoms with van der Waals surface area (Å²) in [4.78, 5) is 0. The third-order valence-electron chi connectivity index (χ3n) is 2.16. The molecule has 2 N–H and O–H groups in total. The molecule has 0 saturated heterocycles. The molecule has 0 aliphatic heterocycles. The third kappa shape index (κ3) is 7.53. The van der Waals surface area contributed by atoms with Crippen molar-refractivity contribution in [1.82, 2.24) is 0 Å². The fraction of sp³-hybridized carbons (Fsp3) is 0.800. The van der Waals surface area contributed by atoms with Crippen LogP contribution in [-0.4, -0.2) is 23.5 Å². The van der Waals surface area contributed by atoms with E-state index in [1.807, 2.05) is 20.8 Å². The summed E-state index contributed by atoms with van der Waals surface area (Å²) in [5.74, 6) is 0.0672. The van der Waals surface area contributed by atoms with E-state index in [1.165, 1.54) is 5.57 Å². The lowest BCUT2D eigenvalue weighted by Crippen LogP contribution is -2.22. The molecule has 0 rings (SSSR count). The summed E-state index contributed by atoms with van der Waals surface area (Å²) in [5.41, 5.74) is -0.434. The summed E-state index contributed by atoms with van der Waals surface area (Å²) >= 11 is 0. The summed E-state index contributed by atoms with van der Waals surface area (Å²) < 4.78 is 29.6. The predicted octanol–water partition coefficient (Wildman–Crippen LogP) is 1.97. The van der Waals surface area contributed by atoms with Gasteiger partial charge in [0.25, 0.3) is 10.1 Å². The Kier molecular flexibility index (Phi) is 6.09. The largest absolute Gasteiger partial charge is 0.375 e. The van der Waals surface area contributed by atoms with Gasteiger partial charge in [0.2, 0.25) is 0 Å². The number of hydrogen-bond donors (Lipinski definition) is 2. The van der Waals surface area contributed by atoms with E-state index in [9.17, 15) is 8.42 Å². The van der Waals surface area contributed by atoms with Crippen molar-refractivity contribution in [2.75, 3.05) is 0 Å². The summed E-state index contributed by atoms with van der Waals surface area (Å²) in [5, 5.41) is 9.11. The summed E-state index contributed by atoms with van der Waals surface area (Å²) in [6, 6.07) is 0. The quantitative estimate of drug-likeness (QED) is 0.546. The van der Waals surface area contributed by atoms with Crippen LogP contribution >= 0.6 is 0 Å². The molecule has 5 heteroatoms. The highest BCUT2D eigenvalue weighted by atomic mass is 32.2. The molecule has 0 aromatic rings. The smallest absolute Gasteiger partial charge is 0.291 e. The molecule has 0 aromatic heterocycles. The highest BCUT2D eigenvalue weighted by Gasteiger charge is 2.21. The molecule has 0 amide bonds. The number of aliphatic hydroxyl groups excluding tert-OH is 1. The van der Waals surface area contributed by atoms with Gasteiger partial charge in [0.1, 0.15) is 0 Å². The first-order valence-electron chi connectivity index (χ1n) is 5.01. The van der Waals surface area contributed by atoms with E-state index in [-0.39, 0.29) is 12.3 Å². The molecule has 0 saturated carbocycles. The van der Waals surface area contributed by atoms with Gasteiger partial charge in [0.05, 0.1) is 0 Å². The van der Waals surface area contributed by atoms with E-state index >= 15 is 0 Å². The van der Waals surface area contributed by atoms with E-state index in [4.69, 9.17) is 9.66 Å². The van der Waals surface area contributed by atoms with E-state index in [1.54, 1.807) is 0 Å². The first kappa shape index (κ1) is 14.6. The van der Waals surface area contributed by atoms with Crippen LogP contribution in [0.15, 0.2) is 11.6 Å². The first-order valence-corrected chi connectivity index (χ1v) is 6.51. The summed E-state index contributed by atoms with van der Waals surface area (Å²) in [6.07, 6.45) is 3.81. The number of aliphatic hydroxyl groups is 1. The van der Waals surface area contributed by atoms with Crippen LogP contribution in [0.2, 0.25) is 0 Å². The van der Waals surface area contributed by atoms with Crippen LogP contribution in [0.1, 0.15) is 40.0 Å². The molecule has 0 unspecified atom stereocenters. The maximum Gasteiger partial charge on any atom is 0.291 e. The van der Waals surface area contributed by atoms with Crippen molar-refractivity contribution in [3.63, 3.8) is 0 Å². The molecular weight excluding hydrogens is 216 g/mol. The SMILES string of the molecule is CC(C)=CCC[C@H](C)C[C@@H](O)S(=O)(=O)O. The van der Waals surface area contributed by atoms with Crippen LogP contribution < -0.4 is 0 Å².